The van der Waals surface area contributed by atoms with Crippen LogP contribution in [0.25, 0.3) is 0 Å². The molecule has 0 amide bonds. The van der Waals surface area contributed by atoms with E-state index in [0.717, 1.165) is 0 Å². The summed E-state index contributed by atoms with van der Waals surface area (Å²) in [6.45, 7) is 7.55. The fourth-order valence-electron chi connectivity index (χ4n) is 6.44. The van der Waals surface area contributed by atoms with Gasteiger partial charge in [-0.3, -0.25) is 14.7 Å². The number of fused-ring (bicyclic) bond motifs is 1. The van der Waals surface area contributed by atoms with Crippen LogP contribution < -0.4 is 5.32 Å². The summed E-state index contributed by atoms with van der Waals surface area (Å²) in [5.74, 6) is -1.22. The fraction of sp³-hybridized carbons (Fsp3) is 0.500. The van der Waals surface area contributed by atoms with Gasteiger partial charge in [0, 0.05) is 63.1 Å². The van der Waals surface area contributed by atoms with Gasteiger partial charge in [0.25, 0.3) is 0 Å². The molecule has 44 heavy (non-hydrogen) atoms. The van der Waals surface area contributed by atoms with E-state index >= 15 is 0 Å². The molecule has 2 unspecified atom stereocenters. The van der Waals surface area contributed by atoms with Crippen LogP contribution in [0, 0.1) is 18.2 Å². The van der Waals surface area contributed by atoms with Gasteiger partial charge in [-0.15, -0.1) is 11.3 Å². The highest BCUT2D eigenvalue weighted by Gasteiger charge is 2.48. The van der Waals surface area contributed by atoms with E-state index < -0.39 is 23.4 Å². The summed E-state index contributed by atoms with van der Waals surface area (Å²) in [5, 5.41) is 16.5. The number of nitrogens with zero attached hydrogens (tertiary/aromatic N) is 5. The molecule has 0 saturated carbocycles. The molecular weight excluding hydrogens is 607 g/mol. The summed E-state index contributed by atoms with van der Waals surface area (Å²) in [6, 6.07) is 4.10. The minimum Gasteiger partial charge on any atom is -0.481 e. The minimum atomic E-state index is -0.959. The summed E-state index contributed by atoms with van der Waals surface area (Å²) in [6.07, 6.45) is 2.15. The predicted molar refractivity (Wildman–Crippen MR) is 166 cm³/mol. The van der Waals surface area contributed by atoms with E-state index in [9.17, 15) is 19.1 Å². The van der Waals surface area contributed by atoms with Crippen LogP contribution >= 0.6 is 23.6 Å². The number of hydrogen-bond acceptors (Lipinski definition) is 10. The molecule has 3 saturated heterocycles. The van der Waals surface area contributed by atoms with Gasteiger partial charge in [0.1, 0.15) is 17.3 Å². The van der Waals surface area contributed by atoms with Crippen molar-refractivity contribution in [2.45, 2.75) is 32.4 Å². The Hall–Kier alpha value is -3.46. The highest BCUT2D eigenvalue weighted by molar-refractivity contribution is 7.80. The smallest absolute Gasteiger partial charge is 0.338 e. The van der Waals surface area contributed by atoms with Crippen molar-refractivity contribution in [2.24, 2.45) is 10.4 Å². The molecule has 11 nitrogen and oxygen atoms in total. The van der Waals surface area contributed by atoms with Crippen LogP contribution in [-0.4, -0.2) is 113 Å². The quantitative estimate of drug-likeness (QED) is 0.310. The molecule has 234 valence electrons. The summed E-state index contributed by atoms with van der Waals surface area (Å²) in [4.78, 5) is 41.5. The molecule has 14 heteroatoms. The Balaban J connectivity index is 1.28. The molecule has 0 spiro atoms. The Labute approximate surface area is 264 Å². The predicted octanol–water partition coefficient (Wildman–Crippen LogP) is 2.58. The summed E-state index contributed by atoms with van der Waals surface area (Å²) in [5.41, 5.74) is 1.03. The maximum absolute atomic E-state index is 14.8. The number of carbonyl (C=O) groups excluding carboxylic acids is 1. The molecule has 0 bridgehead atoms. The normalized spacial score (nSPS) is 25.6. The number of benzene rings is 1. The zero-order chi connectivity index (χ0) is 31.0. The number of rotatable bonds is 9. The van der Waals surface area contributed by atoms with E-state index in [2.05, 4.69) is 20.1 Å². The molecule has 3 atom stereocenters. The number of aliphatic carboxylic acids is 1. The van der Waals surface area contributed by atoms with Crippen molar-refractivity contribution in [1.82, 2.24) is 25.0 Å². The van der Waals surface area contributed by atoms with Gasteiger partial charge in [0.2, 0.25) is 0 Å². The number of esters is 1. The molecule has 5 heterocycles. The number of carboxylic acids is 1. The van der Waals surface area contributed by atoms with E-state index in [-0.39, 0.29) is 25.1 Å². The molecule has 1 aromatic carbocycles. The topological polar surface area (TPSA) is 120 Å². The van der Waals surface area contributed by atoms with Gasteiger partial charge >= 0.3 is 11.9 Å². The number of carbonyl (C=O) groups is 2. The number of carboxylic acid groups (broad SMARTS) is 1. The Bertz CT molecular complexity index is 1510. The Morgan fingerprint density at radius 3 is 2.86 bits per heavy atom. The van der Waals surface area contributed by atoms with Crippen LogP contribution in [-0.2, 0) is 19.1 Å². The average molecular weight is 643 g/mol. The second-order valence-electron chi connectivity index (χ2n) is 11.5. The molecule has 3 fully saturated rings. The molecule has 6 rings (SSSR count). The fourth-order valence-corrected chi connectivity index (χ4v) is 7.41. The van der Waals surface area contributed by atoms with Crippen LogP contribution in [0.2, 0.25) is 0 Å². The lowest BCUT2D eigenvalue weighted by Gasteiger charge is -2.39. The average Bonchev–Trinajstić information content (AvgIpc) is 3.77. The van der Waals surface area contributed by atoms with Crippen LogP contribution in [0.5, 0.6) is 0 Å². The van der Waals surface area contributed by atoms with Gasteiger partial charge in [0.15, 0.2) is 16.0 Å². The first kappa shape index (κ1) is 30.6. The number of hydrogen-bond donors (Lipinski definition) is 2. The minimum absolute atomic E-state index is 0.0630. The number of piperazine rings is 1. The number of nitrogens with one attached hydrogen (secondary N) is 1. The third-order valence-corrected chi connectivity index (χ3v) is 10.1. The van der Waals surface area contributed by atoms with E-state index in [0.29, 0.717) is 90.6 Å². The Morgan fingerprint density at radius 2 is 2.16 bits per heavy atom. The molecule has 2 N–H and O–H groups in total. The molecule has 4 aliphatic rings. The largest absolute Gasteiger partial charge is 0.481 e. The number of aromatic nitrogens is 1. The van der Waals surface area contributed by atoms with Crippen molar-refractivity contribution in [3.05, 3.63) is 63.0 Å². The standard InChI is InChI=1S/C30H35FN6O5S2/c1-3-42-27(38)23-22(33-25(26-32-8-12-44-26)34-24(23)20-5-4-6-21(31)18(20)2)15-35-9-10-37-19(13-35)14-36(29(37)43)16-30(28(39)40)7-11-41-17-30/h4-6,8,12,19,24H,3,7,9-11,13-17H2,1-2H3,(H,33,34)(H,39,40)/t19?,24-,30?/m0/s1. The summed E-state index contributed by atoms with van der Waals surface area (Å²) >= 11 is 7.23. The Morgan fingerprint density at radius 1 is 1.32 bits per heavy atom. The third-order valence-electron chi connectivity index (χ3n) is 8.81. The highest BCUT2D eigenvalue weighted by atomic mass is 32.1. The van der Waals surface area contributed by atoms with Crippen molar-refractivity contribution >= 4 is 46.4 Å². The van der Waals surface area contributed by atoms with E-state index in [4.69, 9.17) is 26.7 Å². The first-order valence-corrected chi connectivity index (χ1v) is 16.0. The molecule has 4 aliphatic heterocycles. The number of halogens is 1. The van der Waals surface area contributed by atoms with Gasteiger partial charge in [-0.1, -0.05) is 12.1 Å². The molecular formula is C30H35FN6O5S2. The van der Waals surface area contributed by atoms with Gasteiger partial charge in [-0.2, -0.15) is 0 Å². The van der Waals surface area contributed by atoms with Gasteiger partial charge in [-0.05, 0) is 49.7 Å². The third kappa shape index (κ3) is 5.71. The van der Waals surface area contributed by atoms with Gasteiger partial charge in [0.05, 0.1) is 24.8 Å². The Kier molecular flexibility index (Phi) is 8.68. The van der Waals surface area contributed by atoms with E-state index in [1.165, 1.54) is 17.4 Å². The lowest BCUT2D eigenvalue weighted by molar-refractivity contribution is -0.149. The van der Waals surface area contributed by atoms with Crippen molar-refractivity contribution < 1.29 is 28.6 Å². The molecule has 1 aromatic heterocycles. The molecule has 2 aromatic rings. The second kappa shape index (κ2) is 12.5. The molecule has 0 radical (unpaired) electrons. The number of ether oxygens (including phenoxy) is 2. The van der Waals surface area contributed by atoms with Crippen molar-refractivity contribution in [2.75, 3.05) is 59.1 Å². The zero-order valence-corrected chi connectivity index (χ0v) is 26.3. The second-order valence-corrected chi connectivity index (χ2v) is 12.8. The summed E-state index contributed by atoms with van der Waals surface area (Å²) in [7, 11) is 0. The maximum Gasteiger partial charge on any atom is 0.338 e. The zero-order valence-electron chi connectivity index (χ0n) is 24.6. The van der Waals surface area contributed by atoms with Crippen LogP contribution in [0.1, 0.15) is 35.5 Å². The van der Waals surface area contributed by atoms with Gasteiger partial charge < -0.3 is 29.7 Å². The molecule has 0 aliphatic carbocycles. The lowest BCUT2D eigenvalue weighted by Crippen LogP contribution is -2.53. The van der Waals surface area contributed by atoms with Gasteiger partial charge in [-0.25, -0.2) is 14.2 Å². The van der Waals surface area contributed by atoms with Crippen molar-refractivity contribution in [1.29, 1.82) is 0 Å². The SMILES string of the molecule is CCOC(=O)C1=C(CN2CCN3C(=S)N(CC4(C(=O)O)CCOC4)CC3C2)NC(c2nccs2)=N[C@H]1c1cccc(F)c1C. The first-order valence-electron chi connectivity index (χ1n) is 14.7. The van der Waals surface area contributed by atoms with E-state index in [1.54, 1.807) is 32.2 Å². The number of thiazole rings is 1. The highest BCUT2D eigenvalue weighted by Crippen LogP contribution is 2.36. The monoisotopic (exact) mass is 642 g/mol. The van der Waals surface area contributed by atoms with Crippen LogP contribution in [0.4, 0.5) is 4.39 Å². The summed E-state index contributed by atoms with van der Waals surface area (Å²) < 4.78 is 25.7. The number of amidine groups is 1. The number of thiocarbonyl (C=S) groups is 1. The van der Waals surface area contributed by atoms with Crippen LogP contribution in [0.15, 0.2) is 46.0 Å². The maximum atomic E-state index is 14.8. The van der Waals surface area contributed by atoms with Crippen LogP contribution in [0.3, 0.4) is 0 Å². The van der Waals surface area contributed by atoms with Crippen molar-refractivity contribution in [3.8, 4) is 0 Å². The first-order chi connectivity index (χ1) is 21.2. The number of aliphatic imine (C=N–C) groups is 1. The lowest BCUT2D eigenvalue weighted by atomic mass is 9.87. The van der Waals surface area contributed by atoms with Crippen molar-refractivity contribution in [3.63, 3.8) is 0 Å². The van der Waals surface area contributed by atoms with E-state index in [1.807, 2.05) is 10.3 Å².